The fourth-order valence-corrected chi connectivity index (χ4v) is 3.89. The SMILES string of the molecule is Cc1c(C)c2c(P)c(I)c(N)c(I)c2oc1=O. The maximum atomic E-state index is 11.7. The second-order valence-corrected chi connectivity index (χ2v) is 6.53. The van der Waals surface area contributed by atoms with E-state index in [1.54, 1.807) is 6.92 Å². The zero-order valence-corrected chi connectivity index (χ0v) is 14.7. The zero-order valence-electron chi connectivity index (χ0n) is 9.23. The third-order valence-corrected chi connectivity index (χ3v) is 6.24. The summed E-state index contributed by atoms with van der Waals surface area (Å²) in [6.45, 7) is 3.71. The molecule has 3 nitrogen and oxygen atoms in total. The van der Waals surface area contributed by atoms with Gasteiger partial charge in [-0.05, 0) is 69.9 Å². The van der Waals surface area contributed by atoms with Crippen LogP contribution in [0.4, 0.5) is 5.69 Å². The molecule has 1 aromatic carbocycles. The Hall–Kier alpha value is 0.120. The van der Waals surface area contributed by atoms with Crippen molar-refractivity contribution in [3.63, 3.8) is 0 Å². The summed E-state index contributed by atoms with van der Waals surface area (Å²) in [4.78, 5) is 11.7. The lowest BCUT2D eigenvalue weighted by atomic mass is 10.1. The molecular weight excluding hydrogens is 463 g/mol. The second kappa shape index (κ2) is 4.66. The number of anilines is 1. The molecule has 2 aromatic rings. The summed E-state index contributed by atoms with van der Waals surface area (Å²) in [6.07, 6.45) is 0. The lowest BCUT2D eigenvalue weighted by Crippen LogP contribution is -2.13. The zero-order chi connectivity index (χ0) is 12.9. The van der Waals surface area contributed by atoms with Crippen LogP contribution in [0, 0.1) is 21.0 Å². The Morgan fingerprint density at radius 2 is 1.76 bits per heavy atom. The standard InChI is InChI=1S/C11H10I2NO2P/c1-3-4(2)11(15)16-9-5(3)10(17)7(13)8(14)6(9)12/h14,17H2,1-2H3. The Bertz CT molecular complexity index is 694. The van der Waals surface area contributed by atoms with Crippen molar-refractivity contribution >= 4 is 76.4 Å². The molecule has 0 aliphatic carbocycles. The van der Waals surface area contributed by atoms with Crippen molar-refractivity contribution in [3.05, 3.63) is 28.7 Å². The molecule has 0 amide bonds. The molecule has 0 aliphatic rings. The summed E-state index contributed by atoms with van der Waals surface area (Å²) in [5.41, 5.74) is 8.56. The summed E-state index contributed by atoms with van der Waals surface area (Å²) >= 11 is 4.33. The van der Waals surface area contributed by atoms with E-state index < -0.39 is 0 Å². The van der Waals surface area contributed by atoms with E-state index in [0.29, 0.717) is 16.8 Å². The number of aryl methyl sites for hydroxylation is 1. The van der Waals surface area contributed by atoms with E-state index in [1.165, 1.54) is 0 Å². The number of rotatable bonds is 0. The average molecular weight is 473 g/mol. The van der Waals surface area contributed by atoms with Gasteiger partial charge in [0, 0.05) is 14.5 Å². The van der Waals surface area contributed by atoms with Crippen molar-refractivity contribution in [2.45, 2.75) is 13.8 Å². The van der Waals surface area contributed by atoms with Crippen LogP contribution in [0.15, 0.2) is 9.21 Å². The molecule has 1 heterocycles. The molecule has 1 aromatic heterocycles. The summed E-state index contributed by atoms with van der Waals surface area (Å²) in [6, 6.07) is 0. The molecule has 0 spiro atoms. The van der Waals surface area contributed by atoms with Gasteiger partial charge in [0.05, 0.1) is 9.26 Å². The first kappa shape index (κ1) is 13.5. The summed E-state index contributed by atoms with van der Waals surface area (Å²) in [5.74, 6) is 0. The Morgan fingerprint density at radius 1 is 1.18 bits per heavy atom. The molecular formula is C11H10I2NO2P. The van der Waals surface area contributed by atoms with Gasteiger partial charge in [-0.2, -0.15) is 0 Å². The van der Waals surface area contributed by atoms with Crippen molar-refractivity contribution in [2.24, 2.45) is 0 Å². The van der Waals surface area contributed by atoms with Gasteiger partial charge in [-0.3, -0.25) is 0 Å². The predicted octanol–water partition coefficient (Wildman–Crippen LogP) is 2.70. The molecule has 0 saturated heterocycles. The second-order valence-electron chi connectivity index (χ2n) is 3.80. The number of halogens is 2. The van der Waals surface area contributed by atoms with Gasteiger partial charge in [0.25, 0.3) is 0 Å². The minimum Gasteiger partial charge on any atom is -0.421 e. The molecule has 2 N–H and O–H groups in total. The lowest BCUT2D eigenvalue weighted by Gasteiger charge is -2.12. The topological polar surface area (TPSA) is 56.2 Å². The third kappa shape index (κ3) is 2.00. The molecule has 0 bridgehead atoms. The first-order chi connectivity index (χ1) is 7.86. The number of nitrogen functional groups attached to an aromatic ring is 1. The van der Waals surface area contributed by atoms with Gasteiger partial charge in [-0.25, -0.2) is 4.79 Å². The van der Waals surface area contributed by atoms with Crippen molar-refractivity contribution < 1.29 is 4.42 Å². The van der Waals surface area contributed by atoms with Gasteiger partial charge in [-0.15, -0.1) is 9.24 Å². The van der Waals surface area contributed by atoms with E-state index in [1.807, 2.05) is 6.92 Å². The molecule has 6 heteroatoms. The van der Waals surface area contributed by atoms with Gasteiger partial charge in [0.1, 0.15) is 0 Å². The van der Waals surface area contributed by atoms with Crippen molar-refractivity contribution in [1.29, 1.82) is 0 Å². The number of benzene rings is 1. The van der Waals surface area contributed by atoms with Crippen molar-refractivity contribution in [2.75, 3.05) is 5.73 Å². The molecule has 0 fully saturated rings. The largest absolute Gasteiger partial charge is 0.421 e. The number of fused-ring (bicyclic) bond motifs is 1. The molecule has 0 aliphatic heterocycles. The van der Waals surface area contributed by atoms with Crippen LogP contribution in [0.5, 0.6) is 0 Å². The molecule has 90 valence electrons. The van der Waals surface area contributed by atoms with E-state index in [0.717, 1.165) is 23.4 Å². The van der Waals surface area contributed by atoms with Gasteiger partial charge in [-0.1, -0.05) is 0 Å². The predicted molar refractivity (Wildman–Crippen MR) is 91.1 cm³/mol. The summed E-state index contributed by atoms with van der Waals surface area (Å²) in [7, 11) is 2.68. The van der Waals surface area contributed by atoms with Crippen LogP contribution < -0.4 is 16.7 Å². The van der Waals surface area contributed by atoms with Gasteiger partial charge < -0.3 is 10.2 Å². The fraction of sp³-hybridized carbons (Fsp3) is 0.182. The van der Waals surface area contributed by atoms with E-state index in [-0.39, 0.29) is 5.63 Å². The fourth-order valence-electron chi connectivity index (χ4n) is 1.68. The van der Waals surface area contributed by atoms with Crippen molar-refractivity contribution in [1.82, 2.24) is 0 Å². The molecule has 2 rings (SSSR count). The first-order valence-electron chi connectivity index (χ1n) is 4.82. The minimum atomic E-state index is -0.294. The highest BCUT2D eigenvalue weighted by atomic mass is 127. The Kier molecular flexibility index (Phi) is 3.71. The Balaban J connectivity index is 3.18. The number of hydrogen-bond acceptors (Lipinski definition) is 3. The number of hydrogen-bond donors (Lipinski definition) is 1. The van der Waals surface area contributed by atoms with Crippen LogP contribution >= 0.6 is 54.4 Å². The lowest BCUT2D eigenvalue weighted by molar-refractivity contribution is 0.552. The molecule has 1 unspecified atom stereocenters. The van der Waals surface area contributed by atoms with Crippen LogP contribution in [-0.2, 0) is 0 Å². The maximum absolute atomic E-state index is 11.7. The van der Waals surface area contributed by atoms with Crippen LogP contribution in [0.3, 0.4) is 0 Å². The van der Waals surface area contributed by atoms with E-state index in [4.69, 9.17) is 10.2 Å². The van der Waals surface area contributed by atoms with Gasteiger partial charge in [0.2, 0.25) is 0 Å². The Morgan fingerprint density at radius 3 is 2.35 bits per heavy atom. The van der Waals surface area contributed by atoms with Crippen LogP contribution in [0.25, 0.3) is 11.0 Å². The van der Waals surface area contributed by atoms with E-state index >= 15 is 0 Å². The highest BCUT2D eigenvalue weighted by molar-refractivity contribution is 14.1. The monoisotopic (exact) mass is 473 g/mol. The maximum Gasteiger partial charge on any atom is 0.339 e. The highest BCUT2D eigenvalue weighted by Gasteiger charge is 2.18. The third-order valence-electron chi connectivity index (χ3n) is 2.84. The summed E-state index contributed by atoms with van der Waals surface area (Å²) < 4.78 is 7.15. The van der Waals surface area contributed by atoms with E-state index in [9.17, 15) is 4.79 Å². The smallest absolute Gasteiger partial charge is 0.339 e. The van der Waals surface area contributed by atoms with Crippen LogP contribution in [-0.4, -0.2) is 0 Å². The van der Waals surface area contributed by atoms with Crippen LogP contribution in [0.1, 0.15) is 11.1 Å². The minimum absolute atomic E-state index is 0.294. The van der Waals surface area contributed by atoms with Crippen molar-refractivity contribution in [3.8, 4) is 0 Å². The normalized spacial score (nSPS) is 11.1. The summed E-state index contributed by atoms with van der Waals surface area (Å²) in [5, 5.41) is 1.96. The van der Waals surface area contributed by atoms with E-state index in [2.05, 4.69) is 54.4 Å². The molecule has 17 heavy (non-hydrogen) atoms. The molecule has 0 radical (unpaired) electrons. The highest BCUT2D eigenvalue weighted by Crippen LogP contribution is 2.31. The Labute approximate surface area is 128 Å². The molecule has 1 atom stereocenters. The van der Waals surface area contributed by atoms with Gasteiger partial charge in [0.15, 0.2) is 5.58 Å². The quantitative estimate of drug-likeness (QED) is 0.277. The van der Waals surface area contributed by atoms with Crippen LogP contribution in [0.2, 0.25) is 0 Å². The average Bonchev–Trinajstić information content (AvgIpc) is 2.30. The van der Waals surface area contributed by atoms with Gasteiger partial charge >= 0.3 is 5.63 Å². The first-order valence-corrected chi connectivity index (χ1v) is 7.55. The number of nitrogens with two attached hydrogens (primary N) is 1. The molecule has 0 saturated carbocycles.